The molecule has 0 amide bonds. The van der Waals surface area contributed by atoms with Crippen molar-refractivity contribution in [2.24, 2.45) is 0 Å². The molecule has 2 aromatic carbocycles. The fourth-order valence-corrected chi connectivity index (χ4v) is 3.18. The molecule has 0 aliphatic carbocycles. The Morgan fingerprint density at radius 3 is 2.90 bits per heavy atom. The van der Waals surface area contributed by atoms with Gasteiger partial charge in [0.15, 0.2) is 0 Å². The summed E-state index contributed by atoms with van der Waals surface area (Å²) in [6.07, 6.45) is 1.02. The van der Waals surface area contributed by atoms with E-state index in [9.17, 15) is 0 Å². The minimum atomic E-state index is 0.768. The Kier molecular flexibility index (Phi) is 4.01. The molecule has 2 aromatic rings. The molecule has 0 spiro atoms. The number of halogens is 2. The minimum Gasteiger partial charge on any atom is -0.398 e. The second-order valence-corrected chi connectivity index (χ2v) is 6.46. The SMILES string of the molecule is Nc1cccc2c1CCN(Cc1ccc(Br)c(Cl)c1)C2. The lowest BCUT2D eigenvalue weighted by Crippen LogP contribution is -2.30. The van der Waals surface area contributed by atoms with E-state index in [-0.39, 0.29) is 0 Å². The van der Waals surface area contributed by atoms with Crippen molar-refractivity contribution < 1.29 is 0 Å². The Hall–Kier alpha value is -1.03. The van der Waals surface area contributed by atoms with E-state index in [1.165, 1.54) is 16.7 Å². The summed E-state index contributed by atoms with van der Waals surface area (Å²) in [4.78, 5) is 2.43. The van der Waals surface area contributed by atoms with Crippen LogP contribution in [-0.2, 0) is 19.5 Å². The number of nitrogens with two attached hydrogens (primary N) is 1. The molecule has 0 aromatic heterocycles. The van der Waals surface area contributed by atoms with Crippen LogP contribution in [0.1, 0.15) is 16.7 Å². The summed E-state index contributed by atoms with van der Waals surface area (Å²) < 4.78 is 0.944. The summed E-state index contributed by atoms with van der Waals surface area (Å²) in [6.45, 7) is 2.91. The average molecular weight is 352 g/mol. The second kappa shape index (κ2) is 5.76. The van der Waals surface area contributed by atoms with Crippen LogP contribution < -0.4 is 5.73 Å². The highest BCUT2D eigenvalue weighted by Gasteiger charge is 2.18. The first kappa shape index (κ1) is 13.9. The van der Waals surface area contributed by atoms with Gasteiger partial charge in [-0.3, -0.25) is 4.90 Å². The molecule has 2 nitrogen and oxygen atoms in total. The van der Waals surface area contributed by atoms with Crippen molar-refractivity contribution in [2.45, 2.75) is 19.5 Å². The predicted octanol–water partition coefficient (Wildman–Crippen LogP) is 4.24. The molecule has 0 unspecified atom stereocenters. The molecule has 0 radical (unpaired) electrons. The van der Waals surface area contributed by atoms with E-state index in [4.69, 9.17) is 17.3 Å². The predicted molar refractivity (Wildman–Crippen MR) is 87.8 cm³/mol. The van der Waals surface area contributed by atoms with Crippen LogP contribution in [0.3, 0.4) is 0 Å². The lowest BCUT2D eigenvalue weighted by Gasteiger charge is -2.29. The Balaban J connectivity index is 1.76. The first-order valence-electron chi connectivity index (χ1n) is 6.66. The van der Waals surface area contributed by atoms with Crippen molar-refractivity contribution in [3.63, 3.8) is 0 Å². The number of hydrogen-bond acceptors (Lipinski definition) is 2. The van der Waals surface area contributed by atoms with Gasteiger partial charge in [-0.25, -0.2) is 0 Å². The third kappa shape index (κ3) is 2.85. The Labute approximate surface area is 132 Å². The molecule has 4 heteroatoms. The van der Waals surface area contributed by atoms with Crippen molar-refractivity contribution in [1.82, 2.24) is 4.90 Å². The van der Waals surface area contributed by atoms with E-state index in [1.807, 2.05) is 24.3 Å². The van der Waals surface area contributed by atoms with E-state index in [1.54, 1.807) is 0 Å². The molecular formula is C16H16BrClN2. The maximum atomic E-state index is 6.15. The van der Waals surface area contributed by atoms with Gasteiger partial charge in [0.2, 0.25) is 0 Å². The van der Waals surface area contributed by atoms with Gasteiger partial charge in [0, 0.05) is 29.8 Å². The highest BCUT2D eigenvalue weighted by molar-refractivity contribution is 9.10. The zero-order chi connectivity index (χ0) is 14.1. The zero-order valence-corrected chi connectivity index (χ0v) is 13.4. The molecule has 0 saturated heterocycles. The molecule has 0 atom stereocenters. The van der Waals surface area contributed by atoms with E-state index < -0.39 is 0 Å². The maximum Gasteiger partial charge on any atom is 0.0551 e. The van der Waals surface area contributed by atoms with Crippen LogP contribution in [0.25, 0.3) is 0 Å². The fraction of sp³-hybridized carbons (Fsp3) is 0.250. The van der Waals surface area contributed by atoms with Crippen molar-refractivity contribution >= 4 is 33.2 Å². The molecule has 20 heavy (non-hydrogen) atoms. The number of rotatable bonds is 2. The lowest BCUT2D eigenvalue weighted by atomic mass is 9.97. The monoisotopic (exact) mass is 350 g/mol. The highest BCUT2D eigenvalue weighted by Crippen LogP contribution is 2.27. The fourth-order valence-electron chi connectivity index (χ4n) is 2.73. The van der Waals surface area contributed by atoms with Crippen LogP contribution in [-0.4, -0.2) is 11.4 Å². The topological polar surface area (TPSA) is 29.3 Å². The highest BCUT2D eigenvalue weighted by atomic mass is 79.9. The Morgan fingerprint density at radius 1 is 1.25 bits per heavy atom. The average Bonchev–Trinajstić information content (AvgIpc) is 2.43. The largest absolute Gasteiger partial charge is 0.398 e. The van der Waals surface area contributed by atoms with Crippen molar-refractivity contribution in [3.05, 3.63) is 62.6 Å². The van der Waals surface area contributed by atoms with Gasteiger partial charge in [0.1, 0.15) is 0 Å². The van der Waals surface area contributed by atoms with Gasteiger partial charge < -0.3 is 5.73 Å². The van der Waals surface area contributed by atoms with Crippen LogP contribution >= 0.6 is 27.5 Å². The summed E-state index contributed by atoms with van der Waals surface area (Å²) in [7, 11) is 0. The number of nitrogens with zero attached hydrogens (tertiary/aromatic N) is 1. The van der Waals surface area contributed by atoms with Gasteiger partial charge >= 0.3 is 0 Å². The quantitative estimate of drug-likeness (QED) is 0.820. The molecule has 1 aliphatic heterocycles. The lowest BCUT2D eigenvalue weighted by molar-refractivity contribution is 0.246. The third-order valence-electron chi connectivity index (χ3n) is 3.77. The number of benzene rings is 2. The molecule has 2 N–H and O–H groups in total. The van der Waals surface area contributed by atoms with Gasteiger partial charge in [-0.15, -0.1) is 0 Å². The van der Waals surface area contributed by atoms with Gasteiger partial charge in [-0.1, -0.05) is 29.8 Å². The summed E-state index contributed by atoms with van der Waals surface area (Å²) in [6, 6.07) is 12.3. The van der Waals surface area contributed by atoms with Crippen LogP contribution in [0.4, 0.5) is 5.69 Å². The molecule has 1 aliphatic rings. The van der Waals surface area contributed by atoms with Crippen molar-refractivity contribution in [3.8, 4) is 0 Å². The number of nitrogen functional groups attached to an aromatic ring is 1. The first-order chi connectivity index (χ1) is 9.63. The molecule has 1 heterocycles. The van der Waals surface area contributed by atoms with Gasteiger partial charge in [-0.2, -0.15) is 0 Å². The first-order valence-corrected chi connectivity index (χ1v) is 7.83. The van der Waals surface area contributed by atoms with E-state index >= 15 is 0 Å². The van der Waals surface area contributed by atoms with E-state index in [2.05, 4.69) is 33.0 Å². The minimum absolute atomic E-state index is 0.768. The van der Waals surface area contributed by atoms with Gasteiger partial charge in [-0.05, 0) is 57.2 Å². The second-order valence-electron chi connectivity index (χ2n) is 5.19. The molecule has 0 fully saturated rings. The number of anilines is 1. The van der Waals surface area contributed by atoms with Crippen LogP contribution in [0.2, 0.25) is 5.02 Å². The molecule has 0 bridgehead atoms. The summed E-state index contributed by atoms with van der Waals surface area (Å²) >= 11 is 9.58. The molecule has 104 valence electrons. The maximum absolute atomic E-state index is 6.15. The zero-order valence-electron chi connectivity index (χ0n) is 11.1. The van der Waals surface area contributed by atoms with Gasteiger partial charge in [0.05, 0.1) is 5.02 Å². The molecule has 0 saturated carbocycles. The van der Waals surface area contributed by atoms with Gasteiger partial charge in [0.25, 0.3) is 0 Å². The standard InChI is InChI=1S/C16H16BrClN2/c17-14-5-4-11(8-15(14)18)9-20-7-6-13-12(10-20)2-1-3-16(13)19/h1-5,8H,6-7,9-10,19H2. The Morgan fingerprint density at radius 2 is 2.10 bits per heavy atom. The smallest absolute Gasteiger partial charge is 0.0551 e. The molecule has 3 rings (SSSR count). The normalized spacial score (nSPS) is 15.1. The van der Waals surface area contributed by atoms with Crippen molar-refractivity contribution in [2.75, 3.05) is 12.3 Å². The summed E-state index contributed by atoms with van der Waals surface area (Å²) in [5, 5.41) is 0.768. The third-order valence-corrected chi connectivity index (χ3v) is 5.00. The van der Waals surface area contributed by atoms with E-state index in [0.29, 0.717) is 0 Å². The Bertz CT molecular complexity index is 642. The molecular weight excluding hydrogens is 336 g/mol. The van der Waals surface area contributed by atoms with Crippen LogP contribution in [0.15, 0.2) is 40.9 Å². The number of hydrogen-bond donors (Lipinski definition) is 1. The van der Waals surface area contributed by atoms with Crippen LogP contribution in [0.5, 0.6) is 0 Å². The van der Waals surface area contributed by atoms with Crippen LogP contribution in [0, 0.1) is 0 Å². The number of fused-ring (bicyclic) bond motifs is 1. The summed E-state index contributed by atoms with van der Waals surface area (Å²) in [5.74, 6) is 0. The van der Waals surface area contributed by atoms with Crippen molar-refractivity contribution in [1.29, 1.82) is 0 Å². The van der Waals surface area contributed by atoms with E-state index in [0.717, 1.165) is 41.2 Å². The summed E-state index contributed by atoms with van der Waals surface area (Å²) in [5.41, 5.74) is 10.9.